The third-order valence-electron chi connectivity index (χ3n) is 2.30. The van der Waals surface area contributed by atoms with Crippen LogP contribution in [0.3, 0.4) is 0 Å². The van der Waals surface area contributed by atoms with Crippen LogP contribution in [0.2, 0.25) is 0 Å². The Kier molecular flexibility index (Phi) is 3.92. The molecule has 0 spiro atoms. The molecule has 0 aliphatic rings. The van der Waals surface area contributed by atoms with E-state index in [4.69, 9.17) is 9.52 Å². The summed E-state index contributed by atoms with van der Waals surface area (Å²) in [5.41, 5.74) is 0. The topological polar surface area (TPSA) is 127 Å². The first-order chi connectivity index (χ1) is 9.31. The van der Waals surface area contributed by atoms with Crippen LogP contribution in [0.5, 0.6) is 0 Å². The molecule has 0 atom stereocenters. The average molecular weight is 365 g/mol. The highest BCUT2D eigenvalue weighted by Gasteiger charge is 2.24. The summed E-state index contributed by atoms with van der Waals surface area (Å²) >= 11 is 2.99. The van der Waals surface area contributed by atoms with Crippen LogP contribution in [-0.2, 0) is 23.6 Å². The van der Waals surface area contributed by atoms with Crippen LogP contribution in [0.1, 0.15) is 16.3 Å². The standard InChI is InChI=1S/C9H9BrN4O5S/c1-14-8(7(10)12-13-14)20(17,18)11-4-5-2-3-6(19-5)9(15)16/h2-3,11H,4H2,1H3,(H,15,16). The minimum atomic E-state index is -3.85. The van der Waals surface area contributed by atoms with E-state index in [1.165, 1.54) is 19.2 Å². The second-order valence-electron chi connectivity index (χ2n) is 3.70. The normalized spacial score (nSPS) is 11.7. The quantitative estimate of drug-likeness (QED) is 0.782. The number of nitrogens with one attached hydrogen (secondary N) is 1. The van der Waals surface area contributed by atoms with E-state index in [-0.39, 0.29) is 27.7 Å². The van der Waals surface area contributed by atoms with Crippen molar-refractivity contribution in [1.82, 2.24) is 19.7 Å². The molecule has 0 amide bonds. The van der Waals surface area contributed by atoms with E-state index in [1.807, 2.05) is 0 Å². The molecule has 2 N–H and O–H groups in total. The average Bonchev–Trinajstić information content (AvgIpc) is 2.94. The molecule has 108 valence electrons. The number of rotatable bonds is 5. The summed E-state index contributed by atoms with van der Waals surface area (Å²) in [5.74, 6) is -1.31. The lowest BCUT2D eigenvalue weighted by molar-refractivity contribution is 0.0660. The Hall–Kier alpha value is -1.72. The molecule has 0 saturated carbocycles. The molecule has 20 heavy (non-hydrogen) atoms. The van der Waals surface area contributed by atoms with Gasteiger partial charge in [0, 0.05) is 7.05 Å². The second-order valence-corrected chi connectivity index (χ2v) is 6.14. The largest absolute Gasteiger partial charge is 0.475 e. The van der Waals surface area contributed by atoms with Gasteiger partial charge in [-0.2, -0.15) is 0 Å². The van der Waals surface area contributed by atoms with Crippen molar-refractivity contribution < 1.29 is 22.7 Å². The number of aromatic nitrogens is 3. The van der Waals surface area contributed by atoms with Gasteiger partial charge in [0.15, 0.2) is 4.60 Å². The van der Waals surface area contributed by atoms with E-state index in [0.29, 0.717) is 0 Å². The summed E-state index contributed by atoms with van der Waals surface area (Å²) in [7, 11) is -2.42. The zero-order chi connectivity index (χ0) is 14.9. The van der Waals surface area contributed by atoms with E-state index < -0.39 is 16.0 Å². The van der Waals surface area contributed by atoms with E-state index >= 15 is 0 Å². The molecule has 0 unspecified atom stereocenters. The number of aromatic carboxylic acids is 1. The molecule has 0 aliphatic carbocycles. The lowest BCUT2D eigenvalue weighted by Gasteiger charge is -2.05. The third-order valence-corrected chi connectivity index (χ3v) is 4.59. The summed E-state index contributed by atoms with van der Waals surface area (Å²) in [5, 5.41) is 15.7. The molecular weight excluding hydrogens is 356 g/mol. The molecule has 0 bridgehead atoms. The molecule has 0 radical (unpaired) electrons. The van der Waals surface area contributed by atoms with Gasteiger partial charge in [-0.05, 0) is 28.1 Å². The molecule has 0 saturated heterocycles. The van der Waals surface area contributed by atoms with Crippen LogP contribution in [0, 0.1) is 0 Å². The first kappa shape index (κ1) is 14.7. The monoisotopic (exact) mass is 364 g/mol. The van der Waals surface area contributed by atoms with Crippen LogP contribution in [0.25, 0.3) is 0 Å². The zero-order valence-corrected chi connectivity index (χ0v) is 12.5. The van der Waals surface area contributed by atoms with Gasteiger partial charge in [0.1, 0.15) is 5.76 Å². The van der Waals surface area contributed by atoms with Crippen LogP contribution in [0.4, 0.5) is 0 Å². The van der Waals surface area contributed by atoms with E-state index in [2.05, 4.69) is 31.0 Å². The third kappa shape index (κ3) is 2.89. The van der Waals surface area contributed by atoms with Gasteiger partial charge in [0.05, 0.1) is 6.54 Å². The van der Waals surface area contributed by atoms with Gasteiger partial charge >= 0.3 is 5.97 Å². The Morgan fingerprint density at radius 2 is 2.25 bits per heavy atom. The highest BCUT2D eigenvalue weighted by atomic mass is 79.9. The van der Waals surface area contributed by atoms with Gasteiger partial charge in [-0.25, -0.2) is 22.6 Å². The maximum absolute atomic E-state index is 12.0. The summed E-state index contributed by atoms with van der Waals surface area (Å²) in [6, 6.07) is 2.62. The Bertz CT molecular complexity index is 731. The summed E-state index contributed by atoms with van der Waals surface area (Å²) in [4.78, 5) is 10.6. The highest BCUT2D eigenvalue weighted by Crippen LogP contribution is 2.18. The molecular formula is C9H9BrN4O5S. The minimum Gasteiger partial charge on any atom is -0.475 e. The number of sulfonamides is 1. The lowest BCUT2D eigenvalue weighted by Crippen LogP contribution is -2.25. The first-order valence-electron chi connectivity index (χ1n) is 5.18. The number of carbonyl (C=O) groups is 1. The van der Waals surface area contributed by atoms with Crippen molar-refractivity contribution in [1.29, 1.82) is 0 Å². The van der Waals surface area contributed by atoms with Gasteiger partial charge in [-0.3, -0.25) is 0 Å². The van der Waals surface area contributed by atoms with Crippen molar-refractivity contribution in [3.05, 3.63) is 28.3 Å². The van der Waals surface area contributed by atoms with Crippen LogP contribution in [-0.4, -0.2) is 34.5 Å². The van der Waals surface area contributed by atoms with Crippen molar-refractivity contribution in [3.8, 4) is 0 Å². The molecule has 2 aromatic heterocycles. The van der Waals surface area contributed by atoms with Crippen molar-refractivity contribution in [2.75, 3.05) is 0 Å². The van der Waals surface area contributed by atoms with Crippen molar-refractivity contribution in [2.24, 2.45) is 7.05 Å². The van der Waals surface area contributed by atoms with Crippen molar-refractivity contribution >= 4 is 31.9 Å². The van der Waals surface area contributed by atoms with Gasteiger partial charge in [-0.1, -0.05) is 5.21 Å². The number of hydrogen-bond acceptors (Lipinski definition) is 6. The van der Waals surface area contributed by atoms with Crippen LogP contribution >= 0.6 is 15.9 Å². The number of carboxylic acids is 1. The molecule has 0 aliphatic heterocycles. The SMILES string of the molecule is Cn1nnc(Br)c1S(=O)(=O)NCc1ccc(C(=O)O)o1. The summed E-state index contributed by atoms with van der Waals surface area (Å²) < 4.78 is 32.5. The molecule has 11 heteroatoms. The van der Waals surface area contributed by atoms with Crippen molar-refractivity contribution in [3.63, 3.8) is 0 Å². The number of aryl methyl sites for hydroxylation is 1. The summed E-state index contributed by atoms with van der Waals surface area (Å²) in [6.45, 7) is -0.187. The molecule has 9 nitrogen and oxygen atoms in total. The fourth-order valence-corrected chi connectivity index (χ4v) is 3.51. The zero-order valence-electron chi connectivity index (χ0n) is 10.1. The molecule has 0 fully saturated rings. The second kappa shape index (κ2) is 5.34. The van der Waals surface area contributed by atoms with Gasteiger partial charge in [0.25, 0.3) is 10.0 Å². The Morgan fingerprint density at radius 1 is 1.55 bits per heavy atom. The maximum atomic E-state index is 12.0. The van der Waals surface area contributed by atoms with E-state index in [1.54, 1.807) is 0 Å². The highest BCUT2D eigenvalue weighted by molar-refractivity contribution is 9.10. The van der Waals surface area contributed by atoms with Gasteiger partial charge < -0.3 is 9.52 Å². The molecule has 2 aromatic rings. The minimum absolute atomic E-state index is 0.0816. The van der Waals surface area contributed by atoms with Gasteiger partial charge in [-0.15, -0.1) is 5.10 Å². The van der Waals surface area contributed by atoms with Crippen LogP contribution in [0.15, 0.2) is 26.2 Å². The number of halogens is 1. The molecule has 2 rings (SSSR count). The molecule has 0 aromatic carbocycles. The fourth-order valence-electron chi connectivity index (χ4n) is 1.43. The lowest BCUT2D eigenvalue weighted by atomic mass is 10.4. The van der Waals surface area contributed by atoms with E-state index in [9.17, 15) is 13.2 Å². The van der Waals surface area contributed by atoms with E-state index in [0.717, 1.165) is 4.68 Å². The Morgan fingerprint density at radius 3 is 2.75 bits per heavy atom. The number of hydrogen-bond donors (Lipinski definition) is 2. The Labute approximate surface area is 121 Å². The molecule has 2 heterocycles. The first-order valence-corrected chi connectivity index (χ1v) is 7.45. The van der Waals surface area contributed by atoms with Crippen LogP contribution < -0.4 is 4.72 Å². The summed E-state index contributed by atoms with van der Waals surface area (Å²) in [6.07, 6.45) is 0. The fraction of sp³-hybridized carbons (Fsp3) is 0.222. The number of nitrogens with zero attached hydrogens (tertiary/aromatic N) is 3. The smallest absolute Gasteiger partial charge is 0.371 e. The number of furan rings is 1. The predicted molar refractivity (Wildman–Crippen MR) is 68.4 cm³/mol. The predicted octanol–water partition coefficient (Wildman–Crippen LogP) is 0.347. The Balaban J connectivity index is 2.15. The van der Waals surface area contributed by atoms with Crippen molar-refractivity contribution in [2.45, 2.75) is 11.6 Å². The number of carboxylic acid groups (broad SMARTS) is 1. The van der Waals surface area contributed by atoms with Gasteiger partial charge in [0.2, 0.25) is 10.8 Å². The maximum Gasteiger partial charge on any atom is 0.371 e.